The highest BCUT2D eigenvalue weighted by atomic mass is 16.3. The average molecular weight is 305 g/mol. The largest absolute Gasteiger partial charge is 0.466 e. The van der Waals surface area contributed by atoms with Crippen LogP contribution in [0.5, 0.6) is 0 Å². The smallest absolute Gasteiger partial charge is 0.255 e. The van der Waals surface area contributed by atoms with Crippen molar-refractivity contribution < 1.29 is 9.21 Å². The Kier molecular flexibility index (Phi) is 4.29. The van der Waals surface area contributed by atoms with Crippen molar-refractivity contribution >= 4 is 5.91 Å². The summed E-state index contributed by atoms with van der Waals surface area (Å²) in [5.74, 6) is 1.25. The summed E-state index contributed by atoms with van der Waals surface area (Å²) in [5.41, 5.74) is 2.68. The molecule has 0 radical (unpaired) electrons. The molecule has 3 rings (SSSR count). The first-order valence-corrected chi connectivity index (χ1v) is 7.63. The second-order valence-electron chi connectivity index (χ2n) is 5.55. The molecule has 1 amide bonds. The number of hydrogen-bond donors (Lipinski definition) is 1. The van der Waals surface area contributed by atoms with Crippen LogP contribution in [0.2, 0.25) is 0 Å². The van der Waals surface area contributed by atoms with E-state index < -0.39 is 0 Å². The van der Waals surface area contributed by atoms with Crippen molar-refractivity contribution in [1.82, 2.24) is 5.32 Å². The minimum atomic E-state index is -0.195. The summed E-state index contributed by atoms with van der Waals surface area (Å²) in [6, 6.07) is 21.5. The third kappa shape index (κ3) is 3.34. The maximum atomic E-state index is 12.7. The van der Waals surface area contributed by atoms with Crippen molar-refractivity contribution in [3.63, 3.8) is 0 Å². The van der Waals surface area contributed by atoms with Gasteiger partial charge in [0.15, 0.2) is 0 Å². The van der Waals surface area contributed by atoms with Gasteiger partial charge in [0.2, 0.25) is 0 Å². The molecule has 3 aromatic rings. The summed E-state index contributed by atoms with van der Waals surface area (Å²) in [4.78, 5) is 12.7. The van der Waals surface area contributed by atoms with E-state index in [0.717, 1.165) is 16.9 Å². The van der Waals surface area contributed by atoms with Crippen molar-refractivity contribution in [3.05, 3.63) is 94.9 Å². The number of furan rings is 1. The molecule has 0 aliphatic carbocycles. The fraction of sp³-hybridized carbons (Fsp3) is 0.150. The molecular formula is C20H19NO2. The zero-order valence-electron chi connectivity index (χ0n) is 13.2. The van der Waals surface area contributed by atoms with Crippen LogP contribution in [-0.4, -0.2) is 5.91 Å². The van der Waals surface area contributed by atoms with Gasteiger partial charge in [0, 0.05) is 0 Å². The van der Waals surface area contributed by atoms with Gasteiger partial charge in [0.05, 0.1) is 11.6 Å². The molecule has 23 heavy (non-hydrogen) atoms. The molecule has 0 aliphatic rings. The SMILES string of the molecule is Cc1cc(C(=O)NC(c2ccccc2)c2ccccc2)c(C)o1. The van der Waals surface area contributed by atoms with Crippen LogP contribution < -0.4 is 5.32 Å². The second-order valence-corrected chi connectivity index (χ2v) is 5.55. The maximum absolute atomic E-state index is 12.7. The Morgan fingerprint density at radius 2 is 1.43 bits per heavy atom. The molecule has 1 N–H and O–H groups in total. The minimum absolute atomic E-state index is 0.128. The number of hydrogen-bond acceptors (Lipinski definition) is 2. The molecule has 0 unspecified atom stereocenters. The van der Waals surface area contributed by atoms with E-state index >= 15 is 0 Å². The van der Waals surface area contributed by atoms with Crippen molar-refractivity contribution in [2.45, 2.75) is 19.9 Å². The zero-order valence-corrected chi connectivity index (χ0v) is 13.2. The maximum Gasteiger partial charge on any atom is 0.255 e. The van der Waals surface area contributed by atoms with E-state index in [4.69, 9.17) is 4.42 Å². The average Bonchev–Trinajstić information content (AvgIpc) is 2.92. The molecule has 0 fully saturated rings. The zero-order chi connectivity index (χ0) is 16.2. The van der Waals surface area contributed by atoms with E-state index in [1.165, 1.54) is 0 Å². The van der Waals surface area contributed by atoms with Gasteiger partial charge in [-0.15, -0.1) is 0 Å². The van der Waals surface area contributed by atoms with Gasteiger partial charge in [0.25, 0.3) is 5.91 Å². The third-order valence-electron chi connectivity index (χ3n) is 3.83. The van der Waals surface area contributed by atoms with Gasteiger partial charge >= 0.3 is 0 Å². The van der Waals surface area contributed by atoms with Crippen LogP contribution in [0.25, 0.3) is 0 Å². The fourth-order valence-electron chi connectivity index (χ4n) is 2.72. The van der Waals surface area contributed by atoms with Gasteiger partial charge in [0.1, 0.15) is 11.5 Å². The van der Waals surface area contributed by atoms with Crippen LogP contribution in [-0.2, 0) is 0 Å². The summed E-state index contributed by atoms with van der Waals surface area (Å²) < 4.78 is 5.47. The van der Waals surface area contributed by atoms with E-state index in [0.29, 0.717) is 11.3 Å². The molecule has 116 valence electrons. The van der Waals surface area contributed by atoms with Crippen molar-refractivity contribution in [2.75, 3.05) is 0 Å². The van der Waals surface area contributed by atoms with Gasteiger partial charge in [-0.3, -0.25) is 4.79 Å². The summed E-state index contributed by atoms with van der Waals surface area (Å²) in [7, 11) is 0. The van der Waals surface area contributed by atoms with Gasteiger partial charge < -0.3 is 9.73 Å². The molecule has 0 bridgehead atoms. The lowest BCUT2D eigenvalue weighted by Gasteiger charge is -2.19. The standard InChI is InChI=1S/C20H19NO2/c1-14-13-18(15(2)23-14)20(22)21-19(16-9-5-3-6-10-16)17-11-7-4-8-12-17/h3-13,19H,1-2H3,(H,21,22). The number of rotatable bonds is 4. The molecule has 3 heteroatoms. The second kappa shape index (κ2) is 6.53. The Morgan fingerprint density at radius 3 is 1.87 bits per heavy atom. The van der Waals surface area contributed by atoms with Gasteiger partial charge in [-0.1, -0.05) is 60.7 Å². The Bertz CT molecular complexity index is 752. The number of nitrogens with one attached hydrogen (secondary N) is 1. The highest BCUT2D eigenvalue weighted by Gasteiger charge is 2.20. The number of amides is 1. The molecule has 1 heterocycles. The van der Waals surface area contributed by atoms with Gasteiger partial charge in [-0.05, 0) is 31.0 Å². The van der Waals surface area contributed by atoms with Crippen LogP contribution in [0.15, 0.2) is 71.1 Å². The van der Waals surface area contributed by atoms with E-state index in [1.54, 1.807) is 6.07 Å². The van der Waals surface area contributed by atoms with E-state index in [2.05, 4.69) is 5.32 Å². The summed E-state index contributed by atoms with van der Waals surface area (Å²) in [6.45, 7) is 3.65. The van der Waals surface area contributed by atoms with Crippen LogP contribution >= 0.6 is 0 Å². The van der Waals surface area contributed by atoms with Crippen molar-refractivity contribution in [2.24, 2.45) is 0 Å². The molecule has 2 aromatic carbocycles. The molecule has 0 saturated heterocycles. The van der Waals surface area contributed by atoms with Crippen LogP contribution in [0.1, 0.15) is 39.0 Å². The molecule has 3 nitrogen and oxygen atoms in total. The minimum Gasteiger partial charge on any atom is -0.466 e. The number of carbonyl (C=O) groups is 1. The Hall–Kier alpha value is -2.81. The summed E-state index contributed by atoms with van der Waals surface area (Å²) >= 11 is 0. The van der Waals surface area contributed by atoms with E-state index in [1.807, 2.05) is 74.5 Å². The highest BCUT2D eigenvalue weighted by Crippen LogP contribution is 2.23. The monoisotopic (exact) mass is 305 g/mol. The Morgan fingerprint density at radius 1 is 0.913 bits per heavy atom. The van der Waals surface area contributed by atoms with Crippen LogP contribution in [0.3, 0.4) is 0 Å². The lowest BCUT2D eigenvalue weighted by Crippen LogP contribution is -2.29. The lowest BCUT2D eigenvalue weighted by molar-refractivity contribution is 0.0941. The first-order valence-electron chi connectivity index (χ1n) is 7.63. The highest BCUT2D eigenvalue weighted by molar-refractivity contribution is 5.95. The van der Waals surface area contributed by atoms with Crippen molar-refractivity contribution in [1.29, 1.82) is 0 Å². The fourth-order valence-corrected chi connectivity index (χ4v) is 2.72. The number of aryl methyl sites for hydroxylation is 2. The third-order valence-corrected chi connectivity index (χ3v) is 3.83. The lowest BCUT2D eigenvalue weighted by atomic mass is 9.98. The Balaban J connectivity index is 1.93. The predicted molar refractivity (Wildman–Crippen MR) is 90.4 cm³/mol. The number of carbonyl (C=O) groups excluding carboxylic acids is 1. The van der Waals surface area contributed by atoms with Crippen LogP contribution in [0, 0.1) is 13.8 Å². The quantitative estimate of drug-likeness (QED) is 0.775. The number of benzene rings is 2. The van der Waals surface area contributed by atoms with Gasteiger partial charge in [-0.2, -0.15) is 0 Å². The Labute approximate surface area is 136 Å². The first-order chi connectivity index (χ1) is 11.1. The molecule has 0 aliphatic heterocycles. The van der Waals surface area contributed by atoms with Gasteiger partial charge in [-0.25, -0.2) is 0 Å². The molecule has 0 spiro atoms. The molecule has 0 atom stereocenters. The molecular weight excluding hydrogens is 286 g/mol. The molecule has 0 saturated carbocycles. The summed E-state index contributed by atoms with van der Waals surface area (Å²) in [5, 5.41) is 3.12. The van der Waals surface area contributed by atoms with E-state index in [-0.39, 0.29) is 11.9 Å². The predicted octanol–water partition coefficient (Wildman–Crippen LogP) is 4.42. The first kappa shape index (κ1) is 15.1. The van der Waals surface area contributed by atoms with Crippen LogP contribution in [0.4, 0.5) is 0 Å². The topological polar surface area (TPSA) is 42.2 Å². The molecule has 1 aromatic heterocycles. The summed E-state index contributed by atoms with van der Waals surface area (Å²) in [6.07, 6.45) is 0. The van der Waals surface area contributed by atoms with E-state index in [9.17, 15) is 4.79 Å². The van der Waals surface area contributed by atoms with Crippen molar-refractivity contribution in [3.8, 4) is 0 Å². The normalized spacial score (nSPS) is 10.7.